The van der Waals surface area contributed by atoms with Gasteiger partial charge in [-0.25, -0.2) is 0 Å². The van der Waals surface area contributed by atoms with Gasteiger partial charge in [-0.3, -0.25) is 4.79 Å². The molecule has 1 aliphatic rings. The van der Waals surface area contributed by atoms with Crippen LogP contribution in [0.3, 0.4) is 0 Å². The van der Waals surface area contributed by atoms with Crippen LogP contribution < -0.4 is 4.74 Å². The molecule has 1 heterocycles. The van der Waals surface area contributed by atoms with Crippen LogP contribution in [0.25, 0.3) is 0 Å². The summed E-state index contributed by atoms with van der Waals surface area (Å²) in [5.74, 6) is 1.24. The molecular formula is C19H23NO2. The second-order valence-corrected chi connectivity index (χ2v) is 5.15. The second-order valence-electron chi connectivity index (χ2n) is 5.15. The summed E-state index contributed by atoms with van der Waals surface area (Å²) in [6.07, 6.45) is 1.75. The number of para-hydroxylation sites is 1. The monoisotopic (exact) mass is 297 g/mol. The van der Waals surface area contributed by atoms with E-state index in [2.05, 4.69) is 12.1 Å². The summed E-state index contributed by atoms with van der Waals surface area (Å²) in [7, 11) is 0. The van der Waals surface area contributed by atoms with Crippen molar-refractivity contribution in [2.24, 2.45) is 0 Å². The van der Waals surface area contributed by atoms with Crippen molar-refractivity contribution in [2.45, 2.75) is 26.3 Å². The summed E-state index contributed by atoms with van der Waals surface area (Å²) >= 11 is 0. The van der Waals surface area contributed by atoms with Gasteiger partial charge in [0.15, 0.2) is 0 Å². The number of hydrogen-bond donors (Lipinski definition) is 0. The van der Waals surface area contributed by atoms with E-state index in [1.54, 1.807) is 0 Å². The fourth-order valence-electron chi connectivity index (χ4n) is 2.36. The Morgan fingerprint density at radius 3 is 2.18 bits per heavy atom. The molecule has 3 rings (SSSR count). The first kappa shape index (κ1) is 16.1. The summed E-state index contributed by atoms with van der Waals surface area (Å²) in [5, 5.41) is 0. The van der Waals surface area contributed by atoms with Gasteiger partial charge >= 0.3 is 0 Å². The van der Waals surface area contributed by atoms with Crippen LogP contribution in [-0.4, -0.2) is 24.0 Å². The van der Waals surface area contributed by atoms with Crippen molar-refractivity contribution in [3.63, 3.8) is 0 Å². The smallest absolute Gasteiger partial charge is 0.222 e. The highest BCUT2D eigenvalue weighted by Crippen LogP contribution is 2.13. The van der Waals surface area contributed by atoms with E-state index in [-0.39, 0.29) is 0 Å². The highest BCUT2D eigenvalue weighted by Gasteiger charge is 2.19. The molecule has 0 aromatic heterocycles. The lowest BCUT2D eigenvalue weighted by molar-refractivity contribution is -0.128. The van der Waals surface area contributed by atoms with E-state index in [9.17, 15) is 4.79 Å². The zero-order chi connectivity index (χ0) is 15.6. The molecule has 3 heteroatoms. The fraction of sp³-hybridized carbons (Fsp3) is 0.316. The molecule has 0 unspecified atom stereocenters. The van der Waals surface area contributed by atoms with E-state index in [4.69, 9.17) is 4.74 Å². The van der Waals surface area contributed by atoms with Crippen molar-refractivity contribution >= 4 is 5.91 Å². The molecular weight excluding hydrogens is 274 g/mol. The third-order valence-corrected chi connectivity index (χ3v) is 3.44. The van der Waals surface area contributed by atoms with Gasteiger partial charge in [-0.15, -0.1) is 0 Å². The van der Waals surface area contributed by atoms with Crippen LogP contribution >= 0.6 is 0 Å². The number of hydrogen-bond acceptors (Lipinski definition) is 2. The minimum atomic E-state index is 0.295. The summed E-state index contributed by atoms with van der Waals surface area (Å²) in [5.41, 5.74) is 1.22. The maximum Gasteiger partial charge on any atom is 0.222 e. The third kappa shape index (κ3) is 5.24. The standard InChI is InChI=1S/C11H13NO.C8H10O/c13-11-7-4-8-12(11)9-10-5-2-1-3-6-10;1-2-9-8-6-4-3-5-7-8/h1-3,5-6H,4,7-9H2;3-7H,2H2,1H3. The number of rotatable bonds is 4. The number of benzene rings is 2. The predicted molar refractivity (Wildman–Crippen MR) is 88.7 cm³/mol. The zero-order valence-electron chi connectivity index (χ0n) is 13.1. The van der Waals surface area contributed by atoms with Crippen molar-refractivity contribution in [1.29, 1.82) is 0 Å². The lowest BCUT2D eigenvalue weighted by atomic mass is 10.2. The van der Waals surface area contributed by atoms with E-state index in [1.165, 1.54) is 5.56 Å². The topological polar surface area (TPSA) is 29.5 Å². The van der Waals surface area contributed by atoms with E-state index in [0.717, 1.165) is 38.3 Å². The minimum absolute atomic E-state index is 0.295. The van der Waals surface area contributed by atoms with Crippen molar-refractivity contribution in [1.82, 2.24) is 4.90 Å². The van der Waals surface area contributed by atoms with Gasteiger partial charge in [-0.1, -0.05) is 48.5 Å². The van der Waals surface area contributed by atoms with E-state index >= 15 is 0 Å². The molecule has 2 aromatic rings. The largest absolute Gasteiger partial charge is 0.494 e. The highest BCUT2D eigenvalue weighted by atomic mass is 16.5. The third-order valence-electron chi connectivity index (χ3n) is 3.44. The molecule has 0 N–H and O–H groups in total. The molecule has 0 atom stereocenters. The van der Waals surface area contributed by atoms with Gasteiger partial charge in [0, 0.05) is 19.5 Å². The maximum absolute atomic E-state index is 11.3. The van der Waals surface area contributed by atoms with Crippen molar-refractivity contribution in [3.05, 3.63) is 66.2 Å². The van der Waals surface area contributed by atoms with Gasteiger partial charge in [0.1, 0.15) is 5.75 Å². The van der Waals surface area contributed by atoms with Gasteiger partial charge in [-0.2, -0.15) is 0 Å². The zero-order valence-corrected chi connectivity index (χ0v) is 13.1. The van der Waals surface area contributed by atoms with Crippen LogP contribution in [0.4, 0.5) is 0 Å². The number of carbonyl (C=O) groups is 1. The Bertz CT molecular complexity index is 554. The predicted octanol–water partition coefficient (Wildman–Crippen LogP) is 3.89. The van der Waals surface area contributed by atoms with Gasteiger partial charge in [0.25, 0.3) is 0 Å². The molecule has 3 nitrogen and oxygen atoms in total. The molecule has 0 radical (unpaired) electrons. The van der Waals surface area contributed by atoms with Crippen molar-refractivity contribution < 1.29 is 9.53 Å². The minimum Gasteiger partial charge on any atom is -0.494 e. The lowest BCUT2D eigenvalue weighted by Gasteiger charge is -2.14. The first-order chi connectivity index (χ1) is 10.8. The highest BCUT2D eigenvalue weighted by molar-refractivity contribution is 5.78. The van der Waals surface area contributed by atoms with E-state index < -0.39 is 0 Å². The molecule has 0 aliphatic carbocycles. The van der Waals surface area contributed by atoms with E-state index in [0.29, 0.717) is 5.91 Å². The first-order valence-corrected chi connectivity index (χ1v) is 7.79. The van der Waals surface area contributed by atoms with Crippen LogP contribution in [0.15, 0.2) is 60.7 Å². The Morgan fingerprint density at radius 2 is 1.64 bits per heavy atom. The Hall–Kier alpha value is -2.29. The summed E-state index contributed by atoms with van der Waals surface area (Å²) in [6.45, 7) is 4.42. The Morgan fingerprint density at radius 1 is 1.00 bits per heavy atom. The van der Waals surface area contributed by atoms with Gasteiger partial charge in [0.05, 0.1) is 6.61 Å². The number of likely N-dealkylation sites (tertiary alicyclic amines) is 1. The van der Waals surface area contributed by atoms with Gasteiger partial charge in [-0.05, 0) is 31.0 Å². The first-order valence-electron chi connectivity index (χ1n) is 7.79. The Balaban J connectivity index is 0.000000172. The lowest BCUT2D eigenvalue weighted by Crippen LogP contribution is -2.23. The van der Waals surface area contributed by atoms with Crippen molar-refractivity contribution in [2.75, 3.05) is 13.2 Å². The Kier molecular flexibility index (Phi) is 6.49. The Labute approximate surface area is 132 Å². The fourth-order valence-corrected chi connectivity index (χ4v) is 2.36. The molecule has 0 spiro atoms. The molecule has 1 saturated heterocycles. The van der Waals surface area contributed by atoms with Crippen LogP contribution in [0.2, 0.25) is 0 Å². The maximum atomic E-state index is 11.3. The molecule has 116 valence electrons. The molecule has 22 heavy (non-hydrogen) atoms. The average molecular weight is 297 g/mol. The molecule has 2 aromatic carbocycles. The van der Waals surface area contributed by atoms with Crippen molar-refractivity contribution in [3.8, 4) is 5.75 Å². The summed E-state index contributed by atoms with van der Waals surface area (Å²) in [4.78, 5) is 13.2. The van der Waals surface area contributed by atoms with Crippen LogP contribution in [0.1, 0.15) is 25.3 Å². The number of amides is 1. The molecule has 1 amide bonds. The number of ether oxygens (including phenoxy) is 1. The number of nitrogens with zero attached hydrogens (tertiary/aromatic N) is 1. The van der Waals surface area contributed by atoms with Crippen LogP contribution in [-0.2, 0) is 11.3 Å². The SMILES string of the molecule is CCOc1ccccc1.O=C1CCCN1Cc1ccccc1. The quantitative estimate of drug-likeness (QED) is 0.856. The molecule has 0 saturated carbocycles. The second kappa shape index (κ2) is 8.88. The van der Waals surface area contributed by atoms with Gasteiger partial charge < -0.3 is 9.64 Å². The molecule has 0 bridgehead atoms. The van der Waals surface area contributed by atoms with Gasteiger partial charge in [0.2, 0.25) is 5.91 Å². The average Bonchev–Trinajstić information content (AvgIpc) is 2.96. The van der Waals surface area contributed by atoms with Crippen LogP contribution in [0.5, 0.6) is 5.75 Å². The molecule has 1 fully saturated rings. The molecule has 1 aliphatic heterocycles. The van der Waals surface area contributed by atoms with E-state index in [1.807, 2.05) is 60.4 Å². The summed E-state index contributed by atoms with van der Waals surface area (Å²) in [6, 6.07) is 19.9. The normalized spacial score (nSPS) is 13.5. The summed E-state index contributed by atoms with van der Waals surface area (Å²) < 4.78 is 5.21. The number of carbonyl (C=O) groups excluding carboxylic acids is 1. The van der Waals surface area contributed by atoms with Crippen LogP contribution in [0, 0.1) is 0 Å².